The number of nitrogens with zero attached hydrogens (tertiary/aromatic N) is 1. The molecule has 1 aromatic rings. The van der Waals surface area contributed by atoms with Gasteiger partial charge in [-0.1, -0.05) is 6.07 Å². The van der Waals surface area contributed by atoms with Crippen LogP contribution in [0.4, 0.5) is 0 Å². The van der Waals surface area contributed by atoms with E-state index in [1.54, 1.807) is 6.07 Å². The summed E-state index contributed by atoms with van der Waals surface area (Å²) >= 11 is 5.38. The van der Waals surface area contributed by atoms with Crippen molar-refractivity contribution in [3.8, 4) is 5.75 Å². The Morgan fingerprint density at radius 2 is 2.11 bits per heavy atom. The van der Waals surface area contributed by atoms with Crippen LogP contribution in [0.15, 0.2) is 22.7 Å². The summed E-state index contributed by atoms with van der Waals surface area (Å²) in [6, 6.07) is 5.63. The van der Waals surface area contributed by atoms with E-state index in [1.165, 1.54) is 30.2 Å². The van der Waals surface area contributed by atoms with Gasteiger partial charge in [0.2, 0.25) is 0 Å². The maximum Gasteiger partial charge on any atom is 0.129 e. The number of halogens is 1. The molecule has 0 amide bonds. The van der Waals surface area contributed by atoms with Gasteiger partial charge in [0.15, 0.2) is 0 Å². The number of hydrogen-bond donors (Lipinski definition) is 2. The van der Waals surface area contributed by atoms with Crippen molar-refractivity contribution in [3.63, 3.8) is 0 Å². The molecule has 0 radical (unpaired) electrons. The van der Waals surface area contributed by atoms with Gasteiger partial charge in [0.25, 0.3) is 0 Å². The first-order valence-corrected chi connectivity index (χ1v) is 8.19. The lowest BCUT2D eigenvalue weighted by Crippen LogP contribution is -2.37. The number of nitrogens with one attached hydrogen (secondary N) is 1. The highest BCUT2D eigenvalue weighted by Gasteiger charge is 2.09. The summed E-state index contributed by atoms with van der Waals surface area (Å²) in [6.07, 6.45) is 0. The van der Waals surface area contributed by atoms with Gasteiger partial charge in [0.1, 0.15) is 5.75 Å². The molecule has 0 bridgehead atoms. The van der Waals surface area contributed by atoms with E-state index < -0.39 is 0 Å². The summed E-state index contributed by atoms with van der Waals surface area (Å²) in [7, 11) is 0. The maximum absolute atomic E-state index is 9.41. The lowest BCUT2D eigenvalue weighted by molar-refractivity contribution is 0.301. The van der Waals surface area contributed by atoms with Crippen molar-refractivity contribution in [2.45, 2.75) is 6.54 Å². The predicted octanol–water partition coefficient (Wildman–Crippen LogP) is 2.29. The molecule has 1 heterocycles. The van der Waals surface area contributed by atoms with E-state index in [-0.39, 0.29) is 0 Å². The highest BCUT2D eigenvalue weighted by molar-refractivity contribution is 9.10. The monoisotopic (exact) mass is 330 g/mol. The highest BCUT2D eigenvalue weighted by atomic mass is 79.9. The van der Waals surface area contributed by atoms with Gasteiger partial charge in [-0.2, -0.15) is 11.8 Å². The Bertz CT molecular complexity index is 383. The van der Waals surface area contributed by atoms with Crippen LogP contribution in [-0.2, 0) is 6.54 Å². The minimum absolute atomic E-state index is 0.296. The van der Waals surface area contributed by atoms with Gasteiger partial charge in [-0.25, -0.2) is 0 Å². The molecule has 0 spiro atoms. The molecule has 1 fully saturated rings. The molecule has 100 valence electrons. The second-order valence-corrected chi connectivity index (χ2v) is 6.50. The van der Waals surface area contributed by atoms with Gasteiger partial charge < -0.3 is 15.3 Å². The summed E-state index contributed by atoms with van der Waals surface area (Å²) in [6.45, 7) is 5.43. The van der Waals surface area contributed by atoms with Crippen molar-refractivity contribution < 1.29 is 5.11 Å². The molecular weight excluding hydrogens is 312 g/mol. The average molecular weight is 331 g/mol. The second-order valence-electron chi connectivity index (χ2n) is 4.42. The normalized spacial score (nSPS) is 16.9. The van der Waals surface area contributed by atoms with Crippen LogP contribution >= 0.6 is 27.7 Å². The van der Waals surface area contributed by atoms with E-state index >= 15 is 0 Å². The highest BCUT2D eigenvalue weighted by Crippen LogP contribution is 2.24. The molecule has 0 saturated carbocycles. The number of phenolic OH excluding ortho intramolecular Hbond substituents is 1. The zero-order valence-corrected chi connectivity index (χ0v) is 12.8. The molecular formula is C13H19BrN2OS. The third-order valence-electron chi connectivity index (χ3n) is 3.05. The molecule has 5 heteroatoms. The quantitative estimate of drug-likeness (QED) is 0.812. The molecule has 18 heavy (non-hydrogen) atoms. The van der Waals surface area contributed by atoms with Crippen LogP contribution < -0.4 is 5.32 Å². The van der Waals surface area contributed by atoms with Crippen LogP contribution in [0.25, 0.3) is 0 Å². The fourth-order valence-corrected chi connectivity index (χ4v) is 3.36. The summed E-state index contributed by atoms with van der Waals surface area (Å²) < 4.78 is 0.759. The van der Waals surface area contributed by atoms with Crippen molar-refractivity contribution in [2.24, 2.45) is 0 Å². The standard InChI is InChI=1S/C13H19BrN2OS/c14-12-9-11(1-2-13(12)17)10-15-3-4-16-5-7-18-8-6-16/h1-2,9,15,17H,3-8,10H2. The fraction of sp³-hybridized carbons (Fsp3) is 0.538. The van der Waals surface area contributed by atoms with E-state index in [2.05, 4.69) is 26.1 Å². The van der Waals surface area contributed by atoms with Crippen LogP contribution in [0, 0.1) is 0 Å². The summed E-state index contributed by atoms with van der Waals surface area (Å²) in [5.41, 5.74) is 1.19. The molecule has 1 aliphatic heterocycles. The number of phenols is 1. The molecule has 0 aliphatic carbocycles. The summed E-state index contributed by atoms with van der Waals surface area (Å²) in [4.78, 5) is 2.51. The lowest BCUT2D eigenvalue weighted by Gasteiger charge is -2.26. The third-order valence-corrected chi connectivity index (χ3v) is 4.63. The minimum atomic E-state index is 0.296. The number of thioether (sulfide) groups is 1. The molecule has 3 nitrogen and oxygen atoms in total. The van der Waals surface area contributed by atoms with Crippen LogP contribution in [0.2, 0.25) is 0 Å². The topological polar surface area (TPSA) is 35.5 Å². The molecule has 0 aromatic heterocycles. The van der Waals surface area contributed by atoms with Gasteiger partial charge >= 0.3 is 0 Å². The van der Waals surface area contributed by atoms with Crippen LogP contribution in [0.1, 0.15) is 5.56 Å². The Balaban J connectivity index is 1.66. The SMILES string of the molecule is Oc1ccc(CNCCN2CCSCC2)cc1Br. The van der Waals surface area contributed by atoms with Crippen molar-refractivity contribution >= 4 is 27.7 Å². The van der Waals surface area contributed by atoms with E-state index in [0.717, 1.165) is 24.1 Å². The Morgan fingerprint density at radius 3 is 2.83 bits per heavy atom. The van der Waals surface area contributed by atoms with Crippen molar-refractivity contribution in [1.29, 1.82) is 0 Å². The molecule has 0 atom stereocenters. The van der Waals surface area contributed by atoms with Crippen LogP contribution in [0.3, 0.4) is 0 Å². The van der Waals surface area contributed by atoms with E-state index in [0.29, 0.717) is 5.75 Å². The average Bonchev–Trinajstić information content (AvgIpc) is 2.40. The summed E-state index contributed by atoms with van der Waals surface area (Å²) in [5.74, 6) is 2.83. The van der Waals surface area contributed by atoms with Crippen LogP contribution in [0.5, 0.6) is 5.75 Å². The van der Waals surface area contributed by atoms with Crippen molar-refractivity contribution in [3.05, 3.63) is 28.2 Å². The van der Waals surface area contributed by atoms with Crippen LogP contribution in [-0.4, -0.2) is 47.7 Å². The molecule has 1 aliphatic rings. The maximum atomic E-state index is 9.41. The predicted molar refractivity (Wildman–Crippen MR) is 81.3 cm³/mol. The first-order chi connectivity index (χ1) is 8.75. The molecule has 1 aromatic carbocycles. The van der Waals surface area contributed by atoms with E-state index in [4.69, 9.17) is 0 Å². The fourth-order valence-electron chi connectivity index (χ4n) is 1.96. The minimum Gasteiger partial charge on any atom is -0.507 e. The second kappa shape index (κ2) is 7.38. The van der Waals surface area contributed by atoms with Crippen molar-refractivity contribution in [1.82, 2.24) is 10.2 Å². The Kier molecular flexibility index (Phi) is 5.82. The van der Waals surface area contributed by atoms with E-state index in [1.807, 2.05) is 23.9 Å². The largest absolute Gasteiger partial charge is 0.507 e. The van der Waals surface area contributed by atoms with Crippen molar-refractivity contribution in [2.75, 3.05) is 37.7 Å². The lowest BCUT2D eigenvalue weighted by atomic mass is 10.2. The van der Waals surface area contributed by atoms with Gasteiger partial charge in [0, 0.05) is 44.2 Å². The molecule has 2 N–H and O–H groups in total. The van der Waals surface area contributed by atoms with Gasteiger partial charge in [-0.15, -0.1) is 0 Å². The third kappa shape index (κ3) is 4.46. The number of hydrogen-bond acceptors (Lipinski definition) is 4. The molecule has 1 saturated heterocycles. The number of benzene rings is 1. The van der Waals surface area contributed by atoms with Gasteiger partial charge in [-0.05, 0) is 33.6 Å². The zero-order valence-electron chi connectivity index (χ0n) is 10.4. The first kappa shape index (κ1) is 14.2. The Morgan fingerprint density at radius 1 is 1.33 bits per heavy atom. The summed E-state index contributed by atoms with van der Waals surface area (Å²) in [5, 5.41) is 12.9. The van der Waals surface area contributed by atoms with E-state index in [9.17, 15) is 5.11 Å². The Labute approximate surface area is 121 Å². The van der Waals surface area contributed by atoms with Gasteiger partial charge in [0.05, 0.1) is 4.47 Å². The number of rotatable bonds is 5. The first-order valence-electron chi connectivity index (χ1n) is 6.24. The number of aromatic hydroxyl groups is 1. The smallest absolute Gasteiger partial charge is 0.129 e. The zero-order chi connectivity index (χ0) is 12.8. The Hall–Kier alpha value is -0.230. The molecule has 0 unspecified atom stereocenters. The molecule has 2 rings (SSSR count). The van der Waals surface area contributed by atoms with Gasteiger partial charge in [-0.3, -0.25) is 0 Å².